The second-order valence-corrected chi connectivity index (χ2v) is 4.63. The predicted octanol–water partition coefficient (Wildman–Crippen LogP) is 1.81. The fraction of sp³-hybridized carbons (Fsp3) is 0.692. The summed E-state index contributed by atoms with van der Waals surface area (Å²) < 4.78 is 5.49. The summed E-state index contributed by atoms with van der Waals surface area (Å²) in [6.45, 7) is 2.79. The van der Waals surface area contributed by atoms with E-state index in [-0.39, 0.29) is 0 Å². The molecule has 1 saturated carbocycles. The van der Waals surface area contributed by atoms with Crippen LogP contribution in [0, 0.1) is 5.92 Å². The molecule has 1 aromatic heterocycles. The summed E-state index contributed by atoms with van der Waals surface area (Å²) in [6.07, 6.45) is 8.14. The topological polar surface area (TPSA) is 47.0 Å². The van der Waals surface area contributed by atoms with Crippen molar-refractivity contribution < 1.29 is 4.74 Å². The fourth-order valence-electron chi connectivity index (χ4n) is 1.99. The molecule has 0 saturated heterocycles. The van der Waals surface area contributed by atoms with Gasteiger partial charge in [0.2, 0.25) is 5.88 Å². The maximum absolute atomic E-state index is 5.49. The number of ether oxygens (including phenoxy) is 1. The first-order chi connectivity index (χ1) is 8.33. The quantitative estimate of drug-likeness (QED) is 0.783. The minimum Gasteiger partial charge on any atom is -0.477 e. The smallest absolute Gasteiger partial charge is 0.232 e. The zero-order valence-corrected chi connectivity index (χ0v) is 10.6. The van der Waals surface area contributed by atoms with E-state index >= 15 is 0 Å². The summed E-state index contributed by atoms with van der Waals surface area (Å²) in [5.41, 5.74) is 1.02. The van der Waals surface area contributed by atoms with Crippen LogP contribution in [-0.2, 0) is 6.42 Å². The van der Waals surface area contributed by atoms with Crippen LogP contribution in [0.3, 0.4) is 0 Å². The zero-order chi connectivity index (χ0) is 12.1. The van der Waals surface area contributed by atoms with Crippen molar-refractivity contribution in [3.05, 3.63) is 18.1 Å². The lowest BCUT2D eigenvalue weighted by molar-refractivity contribution is 0.302. The van der Waals surface area contributed by atoms with Crippen molar-refractivity contribution in [1.82, 2.24) is 15.3 Å². The average Bonchev–Trinajstić information content (AvgIpc) is 3.18. The van der Waals surface area contributed by atoms with Gasteiger partial charge in [0.15, 0.2) is 0 Å². The minimum absolute atomic E-state index is 0.533. The maximum Gasteiger partial charge on any atom is 0.232 e. The van der Waals surface area contributed by atoms with Gasteiger partial charge >= 0.3 is 0 Å². The Bertz CT molecular complexity index is 352. The number of nitrogens with one attached hydrogen (secondary N) is 1. The largest absolute Gasteiger partial charge is 0.477 e. The highest BCUT2D eigenvalue weighted by molar-refractivity contribution is 5.10. The van der Waals surface area contributed by atoms with Gasteiger partial charge < -0.3 is 10.1 Å². The third-order valence-electron chi connectivity index (χ3n) is 3.11. The van der Waals surface area contributed by atoms with Crippen molar-refractivity contribution in [2.75, 3.05) is 13.7 Å². The number of aromatic nitrogens is 2. The number of hydrogen-bond acceptors (Lipinski definition) is 4. The van der Waals surface area contributed by atoms with Crippen LogP contribution < -0.4 is 10.1 Å². The molecular formula is C13H21N3O. The summed E-state index contributed by atoms with van der Waals surface area (Å²) in [4.78, 5) is 8.67. The Labute approximate surface area is 103 Å². The van der Waals surface area contributed by atoms with Crippen LogP contribution in [0.5, 0.6) is 5.88 Å². The third kappa shape index (κ3) is 3.66. The van der Waals surface area contributed by atoms with E-state index in [0.29, 0.717) is 18.5 Å². The molecule has 1 aliphatic carbocycles. The first-order valence-corrected chi connectivity index (χ1v) is 6.44. The zero-order valence-electron chi connectivity index (χ0n) is 10.6. The number of hydrogen-bond donors (Lipinski definition) is 1. The van der Waals surface area contributed by atoms with Gasteiger partial charge in [0.25, 0.3) is 0 Å². The normalized spacial score (nSPS) is 16.8. The van der Waals surface area contributed by atoms with Crippen molar-refractivity contribution in [1.29, 1.82) is 0 Å². The first kappa shape index (κ1) is 12.3. The highest BCUT2D eigenvalue weighted by Crippen LogP contribution is 2.33. The van der Waals surface area contributed by atoms with Crippen LogP contribution in [0.2, 0.25) is 0 Å². The molecule has 0 bridgehead atoms. The maximum atomic E-state index is 5.49. The number of rotatable bonds is 7. The van der Waals surface area contributed by atoms with E-state index in [1.165, 1.54) is 12.8 Å². The van der Waals surface area contributed by atoms with Crippen molar-refractivity contribution in [2.24, 2.45) is 5.92 Å². The highest BCUT2D eigenvalue weighted by Gasteiger charge is 2.30. The van der Waals surface area contributed by atoms with E-state index < -0.39 is 0 Å². The fourth-order valence-corrected chi connectivity index (χ4v) is 1.99. The molecule has 0 aromatic carbocycles. The standard InChI is InChI=1S/C13H21N3O/c1-3-6-17-13-9-15-8-11(16-13)7-12(14-2)10-4-5-10/h8-10,12,14H,3-7H2,1-2H3. The van der Waals surface area contributed by atoms with Gasteiger partial charge in [-0.3, -0.25) is 4.98 Å². The van der Waals surface area contributed by atoms with Crippen molar-refractivity contribution in [3.63, 3.8) is 0 Å². The Hall–Kier alpha value is -1.16. The van der Waals surface area contributed by atoms with E-state index in [1.807, 2.05) is 13.2 Å². The Kier molecular flexibility index (Phi) is 4.31. The van der Waals surface area contributed by atoms with E-state index in [1.54, 1.807) is 6.20 Å². The first-order valence-electron chi connectivity index (χ1n) is 6.44. The lowest BCUT2D eigenvalue weighted by Crippen LogP contribution is -2.30. The van der Waals surface area contributed by atoms with E-state index in [2.05, 4.69) is 22.2 Å². The molecule has 2 rings (SSSR count). The predicted molar refractivity (Wildman–Crippen MR) is 67.1 cm³/mol. The second kappa shape index (κ2) is 5.96. The van der Waals surface area contributed by atoms with Crippen molar-refractivity contribution in [3.8, 4) is 5.88 Å². The summed E-state index contributed by atoms with van der Waals surface area (Å²) >= 11 is 0. The monoisotopic (exact) mass is 235 g/mol. The molecular weight excluding hydrogens is 214 g/mol. The van der Waals surface area contributed by atoms with Crippen LogP contribution in [0.25, 0.3) is 0 Å². The molecule has 4 heteroatoms. The average molecular weight is 235 g/mol. The van der Waals surface area contributed by atoms with E-state index in [0.717, 1.165) is 24.5 Å². The summed E-state index contributed by atoms with van der Waals surface area (Å²) in [5.74, 6) is 1.47. The van der Waals surface area contributed by atoms with Crippen molar-refractivity contribution >= 4 is 0 Å². The molecule has 1 heterocycles. The number of nitrogens with zero attached hydrogens (tertiary/aromatic N) is 2. The molecule has 94 valence electrons. The molecule has 0 spiro atoms. The Morgan fingerprint density at radius 2 is 2.29 bits per heavy atom. The highest BCUT2D eigenvalue weighted by atomic mass is 16.5. The number of likely N-dealkylation sites (N-methyl/N-ethyl adjacent to an activating group) is 1. The van der Waals surface area contributed by atoms with E-state index in [4.69, 9.17) is 4.74 Å². The molecule has 1 fully saturated rings. The molecule has 0 amide bonds. The molecule has 1 N–H and O–H groups in total. The van der Waals surface area contributed by atoms with Crippen LogP contribution >= 0.6 is 0 Å². The molecule has 1 unspecified atom stereocenters. The summed E-state index contributed by atoms with van der Waals surface area (Å²) in [5, 5.41) is 3.37. The minimum atomic E-state index is 0.533. The molecule has 0 radical (unpaired) electrons. The summed E-state index contributed by atoms with van der Waals surface area (Å²) in [7, 11) is 2.02. The molecule has 17 heavy (non-hydrogen) atoms. The van der Waals surface area contributed by atoms with Gasteiger partial charge in [0.1, 0.15) is 0 Å². The molecule has 1 aliphatic rings. The lowest BCUT2D eigenvalue weighted by atomic mass is 10.1. The van der Waals surface area contributed by atoms with Crippen LogP contribution in [0.4, 0.5) is 0 Å². The van der Waals surface area contributed by atoms with Gasteiger partial charge in [-0.25, -0.2) is 4.98 Å². The van der Waals surface area contributed by atoms with E-state index in [9.17, 15) is 0 Å². The Morgan fingerprint density at radius 3 is 2.94 bits per heavy atom. The van der Waals surface area contributed by atoms with Crippen LogP contribution in [0.15, 0.2) is 12.4 Å². The van der Waals surface area contributed by atoms with Crippen LogP contribution in [0.1, 0.15) is 31.9 Å². The Morgan fingerprint density at radius 1 is 1.47 bits per heavy atom. The van der Waals surface area contributed by atoms with Crippen LogP contribution in [-0.4, -0.2) is 29.7 Å². The van der Waals surface area contributed by atoms with Crippen molar-refractivity contribution in [2.45, 2.75) is 38.6 Å². The molecule has 1 aromatic rings. The van der Waals surface area contributed by atoms with Gasteiger partial charge in [-0.05, 0) is 32.2 Å². The lowest BCUT2D eigenvalue weighted by Gasteiger charge is -2.14. The van der Waals surface area contributed by atoms with Gasteiger partial charge in [0.05, 0.1) is 18.5 Å². The SMILES string of the molecule is CCCOc1cncc(CC(NC)C2CC2)n1. The Balaban J connectivity index is 1.94. The molecule has 4 nitrogen and oxygen atoms in total. The van der Waals surface area contributed by atoms with Gasteiger partial charge in [-0.15, -0.1) is 0 Å². The third-order valence-corrected chi connectivity index (χ3v) is 3.11. The van der Waals surface area contributed by atoms with Gasteiger partial charge in [-0.2, -0.15) is 0 Å². The second-order valence-electron chi connectivity index (χ2n) is 4.63. The van der Waals surface area contributed by atoms with Gasteiger partial charge in [-0.1, -0.05) is 6.92 Å². The molecule has 1 atom stereocenters. The summed E-state index contributed by atoms with van der Waals surface area (Å²) in [6, 6.07) is 0.533. The molecule has 0 aliphatic heterocycles. The van der Waals surface area contributed by atoms with Gasteiger partial charge in [0, 0.05) is 18.7 Å².